The Morgan fingerprint density at radius 2 is 1.85 bits per heavy atom. The van der Waals surface area contributed by atoms with E-state index >= 15 is 0 Å². The van der Waals surface area contributed by atoms with E-state index in [9.17, 15) is 0 Å². The number of pyridine rings is 1. The van der Waals surface area contributed by atoms with Gasteiger partial charge < -0.3 is 4.74 Å². The topological polar surface area (TPSA) is 34.5 Å². The van der Waals surface area contributed by atoms with Crippen LogP contribution in [0.1, 0.15) is 5.69 Å². The Balaban J connectivity index is 1.91. The molecule has 20 heavy (non-hydrogen) atoms. The zero-order valence-corrected chi connectivity index (χ0v) is 11.2. The van der Waals surface area contributed by atoms with Crippen LogP contribution in [-0.4, -0.2) is 18.3 Å². The molecule has 0 unspecified atom stereocenters. The van der Waals surface area contributed by atoms with Crippen LogP contribution in [0.3, 0.4) is 0 Å². The Hall–Kier alpha value is -2.68. The van der Waals surface area contributed by atoms with Gasteiger partial charge in [-0.1, -0.05) is 24.3 Å². The molecule has 0 atom stereocenters. The molecule has 0 saturated carbocycles. The second kappa shape index (κ2) is 5.53. The molecule has 0 radical (unpaired) electrons. The second-order valence-electron chi connectivity index (χ2n) is 4.39. The molecule has 2 aromatic carbocycles. The van der Waals surface area contributed by atoms with Gasteiger partial charge in [0.25, 0.3) is 0 Å². The number of fused-ring (bicyclic) bond motifs is 1. The maximum absolute atomic E-state index is 5.20. The minimum Gasteiger partial charge on any atom is -0.497 e. The third kappa shape index (κ3) is 2.67. The fourth-order valence-corrected chi connectivity index (χ4v) is 1.97. The minimum absolute atomic E-state index is 0.838. The third-order valence-corrected chi connectivity index (χ3v) is 3.02. The molecule has 3 heteroatoms. The van der Waals surface area contributed by atoms with Crippen molar-refractivity contribution in [1.82, 2.24) is 4.98 Å². The van der Waals surface area contributed by atoms with Crippen molar-refractivity contribution in [3.8, 4) is 5.75 Å². The fraction of sp³-hybridized carbons (Fsp3) is 0.0588. The molecule has 0 aliphatic rings. The molecule has 0 N–H and O–H groups in total. The maximum atomic E-state index is 5.20. The fourth-order valence-electron chi connectivity index (χ4n) is 1.97. The van der Waals surface area contributed by atoms with Crippen LogP contribution in [0.2, 0.25) is 0 Å². The van der Waals surface area contributed by atoms with Gasteiger partial charge in [-0.25, -0.2) is 4.98 Å². The van der Waals surface area contributed by atoms with Crippen LogP contribution in [0.25, 0.3) is 10.9 Å². The van der Waals surface area contributed by atoms with Crippen LogP contribution in [0.5, 0.6) is 5.75 Å². The number of aliphatic imine (C=N–C) groups is 1. The SMILES string of the molecule is COc1ccc2nc(C=Nc3ccccc3)ccc2c1. The minimum atomic E-state index is 0.838. The highest BCUT2D eigenvalue weighted by Gasteiger charge is 1.99. The number of ether oxygens (including phenoxy) is 1. The van der Waals surface area contributed by atoms with Gasteiger partial charge in [-0.2, -0.15) is 0 Å². The van der Waals surface area contributed by atoms with Crippen molar-refractivity contribution in [2.45, 2.75) is 0 Å². The largest absolute Gasteiger partial charge is 0.497 e. The molecule has 0 saturated heterocycles. The Kier molecular flexibility index (Phi) is 3.42. The normalized spacial score (nSPS) is 11.1. The summed E-state index contributed by atoms with van der Waals surface area (Å²) in [4.78, 5) is 8.97. The Bertz CT molecular complexity index is 751. The third-order valence-electron chi connectivity index (χ3n) is 3.02. The van der Waals surface area contributed by atoms with Gasteiger partial charge in [-0.15, -0.1) is 0 Å². The molecule has 0 bridgehead atoms. The molecular weight excluding hydrogens is 248 g/mol. The maximum Gasteiger partial charge on any atom is 0.119 e. The first-order valence-corrected chi connectivity index (χ1v) is 6.39. The van der Waals surface area contributed by atoms with Gasteiger partial charge in [0.2, 0.25) is 0 Å². The smallest absolute Gasteiger partial charge is 0.119 e. The van der Waals surface area contributed by atoms with Crippen molar-refractivity contribution in [3.05, 3.63) is 66.4 Å². The number of hydrogen-bond acceptors (Lipinski definition) is 3. The summed E-state index contributed by atoms with van der Waals surface area (Å²) in [6.45, 7) is 0. The number of nitrogens with zero attached hydrogens (tertiary/aromatic N) is 2. The highest BCUT2D eigenvalue weighted by Crippen LogP contribution is 2.19. The molecule has 0 fully saturated rings. The van der Waals surface area contributed by atoms with Gasteiger partial charge in [0.05, 0.1) is 30.2 Å². The number of para-hydroxylation sites is 1. The van der Waals surface area contributed by atoms with E-state index in [-0.39, 0.29) is 0 Å². The number of benzene rings is 2. The van der Waals surface area contributed by atoms with Crippen LogP contribution < -0.4 is 4.74 Å². The standard InChI is InChI=1S/C17H14N2O/c1-20-16-9-10-17-13(11-16)7-8-15(19-17)12-18-14-5-3-2-4-6-14/h2-12H,1H3. The van der Waals surface area contributed by atoms with Gasteiger partial charge in [-0.05, 0) is 36.4 Å². The van der Waals surface area contributed by atoms with Gasteiger partial charge in [0.1, 0.15) is 5.75 Å². The van der Waals surface area contributed by atoms with E-state index in [4.69, 9.17) is 4.74 Å². The Morgan fingerprint density at radius 1 is 1.00 bits per heavy atom. The lowest BCUT2D eigenvalue weighted by atomic mass is 10.2. The van der Waals surface area contributed by atoms with E-state index in [2.05, 4.69) is 9.98 Å². The van der Waals surface area contributed by atoms with E-state index in [1.165, 1.54) is 0 Å². The van der Waals surface area contributed by atoms with E-state index in [0.29, 0.717) is 0 Å². The summed E-state index contributed by atoms with van der Waals surface area (Å²) in [5.41, 5.74) is 2.69. The average Bonchev–Trinajstić information content (AvgIpc) is 2.53. The van der Waals surface area contributed by atoms with Gasteiger partial charge in [0.15, 0.2) is 0 Å². The summed E-state index contributed by atoms with van der Waals surface area (Å²) >= 11 is 0. The molecule has 1 heterocycles. The average molecular weight is 262 g/mol. The molecular formula is C17H14N2O. The summed E-state index contributed by atoms with van der Waals surface area (Å²) in [5.74, 6) is 0.838. The first kappa shape index (κ1) is 12.4. The summed E-state index contributed by atoms with van der Waals surface area (Å²) < 4.78 is 5.20. The van der Waals surface area contributed by atoms with E-state index in [1.807, 2.05) is 60.7 Å². The molecule has 98 valence electrons. The number of hydrogen-bond donors (Lipinski definition) is 0. The number of aromatic nitrogens is 1. The predicted molar refractivity (Wildman–Crippen MR) is 82.0 cm³/mol. The molecule has 3 rings (SSSR count). The molecule has 0 spiro atoms. The predicted octanol–water partition coefficient (Wildman–Crippen LogP) is 3.99. The molecule has 3 nitrogen and oxygen atoms in total. The molecule has 1 aromatic heterocycles. The number of methoxy groups -OCH3 is 1. The van der Waals surface area contributed by atoms with Crippen LogP contribution in [-0.2, 0) is 0 Å². The van der Waals surface area contributed by atoms with Crippen molar-refractivity contribution in [2.75, 3.05) is 7.11 Å². The summed E-state index contributed by atoms with van der Waals surface area (Å²) in [7, 11) is 1.66. The van der Waals surface area contributed by atoms with Crippen molar-refractivity contribution < 1.29 is 4.74 Å². The summed E-state index contributed by atoms with van der Waals surface area (Å²) in [5, 5.41) is 1.06. The zero-order chi connectivity index (χ0) is 13.8. The Morgan fingerprint density at radius 3 is 2.65 bits per heavy atom. The number of rotatable bonds is 3. The van der Waals surface area contributed by atoms with E-state index in [1.54, 1.807) is 13.3 Å². The first-order valence-electron chi connectivity index (χ1n) is 6.39. The van der Waals surface area contributed by atoms with Crippen molar-refractivity contribution in [1.29, 1.82) is 0 Å². The Labute approximate surface area is 117 Å². The van der Waals surface area contributed by atoms with Gasteiger partial charge in [0, 0.05) is 5.39 Å². The second-order valence-corrected chi connectivity index (χ2v) is 4.39. The van der Waals surface area contributed by atoms with E-state index in [0.717, 1.165) is 28.0 Å². The van der Waals surface area contributed by atoms with Gasteiger partial charge >= 0.3 is 0 Å². The van der Waals surface area contributed by atoms with E-state index < -0.39 is 0 Å². The van der Waals surface area contributed by atoms with Crippen LogP contribution in [0.15, 0.2) is 65.7 Å². The molecule has 0 aliphatic heterocycles. The highest BCUT2D eigenvalue weighted by atomic mass is 16.5. The van der Waals surface area contributed by atoms with Crippen molar-refractivity contribution in [3.63, 3.8) is 0 Å². The summed E-state index contributed by atoms with van der Waals surface area (Å²) in [6.07, 6.45) is 1.78. The van der Waals surface area contributed by atoms with Crippen molar-refractivity contribution >= 4 is 22.8 Å². The monoisotopic (exact) mass is 262 g/mol. The highest BCUT2D eigenvalue weighted by molar-refractivity contribution is 5.86. The lowest BCUT2D eigenvalue weighted by Crippen LogP contribution is -1.89. The lowest BCUT2D eigenvalue weighted by molar-refractivity contribution is 0.415. The van der Waals surface area contributed by atoms with Crippen LogP contribution in [0, 0.1) is 0 Å². The zero-order valence-electron chi connectivity index (χ0n) is 11.2. The van der Waals surface area contributed by atoms with Crippen molar-refractivity contribution in [2.24, 2.45) is 4.99 Å². The first-order chi connectivity index (χ1) is 9.85. The quantitative estimate of drug-likeness (QED) is 0.669. The van der Waals surface area contributed by atoms with Crippen LogP contribution in [0.4, 0.5) is 5.69 Å². The molecule has 3 aromatic rings. The van der Waals surface area contributed by atoms with Crippen LogP contribution >= 0.6 is 0 Å². The van der Waals surface area contributed by atoms with Gasteiger partial charge in [-0.3, -0.25) is 4.99 Å². The molecule has 0 amide bonds. The summed E-state index contributed by atoms with van der Waals surface area (Å²) in [6, 6.07) is 19.6. The molecule has 0 aliphatic carbocycles. The lowest BCUT2D eigenvalue weighted by Gasteiger charge is -2.02.